The fourth-order valence-electron chi connectivity index (χ4n) is 1.29. The molecule has 0 unspecified atom stereocenters. The Bertz CT molecular complexity index is 461. The number of benzene rings is 1. The van der Waals surface area contributed by atoms with Crippen molar-refractivity contribution >= 4 is 64.3 Å². The summed E-state index contributed by atoms with van der Waals surface area (Å²) in [5.74, 6) is 0.188. The van der Waals surface area contributed by atoms with Crippen LogP contribution in [0, 0.1) is 0 Å². The third-order valence-corrected chi connectivity index (χ3v) is 2.86. The Balaban J connectivity index is 2.13. The molecule has 7 heteroatoms. The minimum atomic E-state index is -1.58. The highest BCUT2D eigenvalue weighted by Crippen LogP contribution is 2.30. The van der Waals surface area contributed by atoms with Crippen molar-refractivity contribution in [2.45, 2.75) is 3.79 Å². The maximum Gasteiger partial charge on any atom is 0.249 e. The van der Waals surface area contributed by atoms with E-state index in [4.69, 9.17) is 46.4 Å². The molecule has 1 aliphatic rings. The Labute approximate surface area is 119 Å². The third kappa shape index (κ3) is 3.26. The van der Waals surface area contributed by atoms with Crippen LogP contribution >= 0.6 is 46.4 Å². The van der Waals surface area contributed by atoms with Crippen molar-refractivity contribution in [3.8, 4) is 0 Å². The van der Waals surface area contributed by atoms with E-state index in [0.717, 1.165) is 5.69 Å². The zero-order valence-corrected chi connectivity index (χ0v) is 11.5. The van der Waals surface area contributed by atoms with Crippen molar-refractivity contribution in [1.82, 2.24) is 0 Å². The molecule has 90 valence electrons. The largest absolute Gasteiger partial charge is 0.312 e. The molecule has 0 aromatic heterocycles. The number of halogens is 4. The van der Waals surface area contributed by atoms with E-state index in [9.17, 15) is 0 Å². The molecule has 3 nitrogen and oxygen atoms in total. The summed E-state index contributed by atoms with van der Waals surface area (Å²) in [5, 5.41) is 0.674. The van der Waals surface area contributed by atoms with Gasteiger partial charge in [0.1, 0.15) is 6.67 Å². The molecule has 0 saturated heterocycles. The van der Waals surface area contributed by atoms with E-state index in [2.05, 4.69) is 9.98 Å². The minimum absolute atomic E-state index is 0.188. The van der Waals surface area contributed by atoms with Crippen LogP contribution in [-0.2, 0) is 0 Å². The lowest BCUT2D eigenvalue weighted by molar-refractivity contribution is 0.993. The Hall–Kier alpha value is -0.480. The van der Waals surface area contributed by atoms with Crippen LogP contribution in [0.25, 0.3) is 0 Å². The van der Waals surface area contributed by atoms with Crippen LogP contribution in [0.2, 0.25) is 5.02 Å². The summed E-state index contributed by atoms with van der Waals surface area (Å²) in [7, 11) is 0. The molecular weight excluding hydrogens is 304 g/mol. The van der Waals surface area contributed by atoms with Crippen molar-refractivity contribution in [1.29, 1.82) is 0 Å². The van der Waals surface area contributed by atoms with Crippen LogP contribution in [0.5, 0.6) is 0 Å². The molecule has 17 heavy (non-hydrogen) atoms. The Morgan fingerprint density at radius 1 is 1.12 bits per heavy atom. The molecule has 0 atom stereocenters. The highest BCUT2D eigenvalue weighted by molar-refractivity contribution is 6.76. The number of amidine groups is 1. The smallest absolute Gasteiger partial charge is 0.249 e. The quantitative estimate of drug-likeness (QED) is 0.723. The summed E-state index contributed by atoms with van der Waals surface area (Å²) in [6.45, 7) is 0.356. The Morgan fingerprint density at radius 2 is 1.76 bits per heavy atom. The molecule has 0 aliphatic carbocycles. The van der Waals surface area contributed by atoms with Gasteiger partial charge >= 0.3 is 0 Å². The first-order valence-electron chi connectivity index (χ1n) is 4.65. The zero-order chi connectivity index (χ0) is 12.5. The number of aliphatic imine (C=N–C) groups is 2. The molecule has 0 bridgehead atoms. The second-order valence-electron chi connectivity index (χ2n) is 3.31. The van der Waals surface area contributed by atoms with Crippen molar-refractivity contribution in [2.24, 2.45) is 9.98 Å². The van der Waals surface area contributed by atoms with E-state index >= 15 is 0 Å². The number of hydrogen-bond donors (Lipinski definition) is 0. The van der Waals surface area contributed by atoms with E-state index in [1.807, 2.05) is 17.0 Å². The van der Waals surface area contributed by atoms with Gasteiger partial charge in [0.2, 0.25) is 3.79 Å². The standard InChI is InChI=1S/C10H7Cl4N3/c11-7-1-3-8(4-2-7)17-5-15-9(16-6-17)10(12,13)14/h1-5H,6H2. The predicted molar refractivity (Wildman–Crippen MR) is 75.0 cm³/mol. The van der Waals surface area contributed by atoms with Gasteiger partial charge in [-0.2, -0.15) is 0 Å². The van der Waals surface area contributed by atoms with Crippen LogP contribution in [0.3, 0.4) is 0 Å². The number of rotatable bonds is 1. The maximum atomic E-state index is 5.80. The molecule has 1 aromatic carbocycles. The summed E-state index contributed by atoms with van der Waals surface area (Å²) in [5.41, 5.74) is 0.922. The molecule has 0 fully saturated rings. The molecule has 0 N–H and O–H groups in total. The summed E-state index contributed by atoms with van der Waals surface area (Å²) in [6, 6.07) is 7.31. The van der Waals surface area contributed by atoms with Gasteiger partial charge in [0.05, 0.1) is 6.34 Å². The van der Waals surface area contributed by atoms with Gasteiger partial charge in [-0.15, -0.1) is 0 Å². The van der Waals surface area contributed by atoms with E-state index in [1.165, 1.54) is 0 Å². The van der Waals surface area contributed by atoms with E-state index in [-0.39, 0.29) is 5.84 Å². The lowest BCUT2D eigenvalue weighted by atomic mass is 10.3. The van der Waals surface area contributed by atoms with E-state index in [1.54, 1.807) is 18.5 Å². The summed E-state index contributed by atoms with van der Waals surface area (Å²) in [4.78, 5) is 9.92. The van der Waals surface area contributed by atoms with E-state index < -0.39 is 3.79 Å². The SMILES string of the molecule is Clc1ccc(N2C=NC(C(Cl)(Cl)Cl)=NC2)cc1. The highest BCUT2D eigenvalue weighted by Gasteiger charge is 2.29. The average molecular weight is 311 g/mol. The lowest BCUT2D eigenvalue weighted by Gasteiger charge is -2.22. The van der Waals surface area contributed by atoms with Crippen molar-refractivity contribution in [3.63, 3.8) is 0 Å². The Morgan fingerprint density at radius 3 is 2.24 bits per heavy atom. The van der Waals surface area contributed by atoms with Gasteiger partial charge < -0.3 is 4.90 Å². The van der Waals surface area contributed by atoms with Gasteiger partial charge in [0.15, 0.2) is 5.84 Å². The predicted octanol–water partition coefficient (Wildman–Crippen LogP) is 3.91. The fraction of sp³-hybridized carbons (Fsp3) is 0.200. The van der Waals surface area contributed by atoms with Gasteiger partial charge in [-0.3, -0.25) is 0 Å². The lowest BCUT2D eigenvalue weighted by Crippen LogP contribution is -2.30. The molecule has 1 heterocycles. The monoisotopic (exact) mass is 309 g/mol. The van der Waals surface area contributed by atoms with Crippen LogP contribution in [-0.4, -0.2) is 22.6 Å². The Kier molecular flexibility index (Phi) is 3.83. The molecule has 0 radical (unpaired) electrons. The summed E-state index contributed by atoms with van der Waals surface area (Å²) in [6.07, 6.45) is 1.58. The van der Waals surface area contributed by atoms with Crippen molar-refractivity contribution < 1.29 is 0 Å². The first-order chi connectivity index (χ1) is 7.97. The van der Waals surface area contributed by atoms with Crippen LogP contribution in [0.15, 0.2) is 34.3 Å². The van der Waals surface area contributed by atoms with Crippen LogP contribution in [0.4, 0.5) is 5.69 Å². The highest BCUT2D eigenvalue weighted by atomic mass is 35.6. The van der Waals surface area contributed by atoms with Gasteiger partial charge in [0.25, 0.3) is 0 Å². The third-order valence-electron chi connectivity index (χ3n) is 2.10. The molecular formula is C10H7Cl4N3. The average Bonchev–Trinajstić information content (AvgIpc) is 2.29. The van der Waals surface area contributed by atoms with E-state index in [0.29, 0.717) is 11.7 Å². The summed E-state index contributed by atoms with van der Waals surface area (Å²) < 4.78 is -1.58. The zero-order valence-electron chi connectivity index (χ0n) is 8.45. The number of hydrogen-bond acceptors (Lipinski definition) is 3. The summed E-state index contributed by atoms with van der Waals surface area (Å²) >= 11 is 22.8. The molecule has 0 spiro atoms. The second kappa shape index (κ2) is 5.02. The topological polar surface area (TPSA) is 28.0 Å². The van der Waals surface area contributed by atoms with Gasteiger partial charge in [0, 0.05) is 10.7 Å². The number of alkyl halides is 3. The first-order valence-corrected chi connectivity index (χ1v) is 6.16. The molecule has 0 amide bonds. The second-order valence-corrected chi connectivity index (χ2v) is 6.03. The van der Waals surface area contributed by atoms with Crippen LogP contribution in [0.1, 0.15) is 0 Å². The van der Waals surface area contributed by atoms with Crippen molar-refractivity contribution in [3.05, 3.63) is 29.3 Å². The van der Waals surface area contributed by atoms with Gasteiger partial charge in [-0.1, -0.05) is 46.4 Å². The molecule has 0 saturated carbocycles. The molecule has 1 aromatic rings. The maximum absolute atomic E-state index is 5.80. The van der Waals surface area contributed by atoms with Crippen LogP contribution < -0.4 is 4.90 Å². The molecule has 2 rings (SSSR count). The normalized spacial score (nSPS) is 16.0. The number of nitrogens with zero attached hydrogens (tertiary/aromatic N) is 3. The van der Waals surface area contributed by atoms with Gasteiger partial charge in [-0.05, 0) is 24.3 Å². The minimum Gasteiger partial charge on any atom is -0.312 e. The molecule has 1 aliphatic heterocycles. The fourth-order valence-corrected chi connectivity index (χ4v) is 1.74. The van der Waals surface area contributed by atoms with Crippen molar-refractivity contribution in [2.75, 3.05) is 11.6 Å². The first kappa shape index (κ1) is 13.0. The van der Waals surface area contributed by atoms with Gasteiger partial charge in [-0.25, -0.2) is 9.98 Å². The number of anilines is 1.